The second-order valence-electron chi connectivity index (χ2n) is 3.27. The van der Waals surface area contributed by atoms with E-state index in [4.69, 9.17) is 5.73 Å². The van der Waals surface area contributed by atoms with E-state index in [0.717, 1.165) is 10.5 Å². The first-order chi connectivity index (χ1) is 7.69. The molecule has 0 unspecified atom stereocenters. The minimum Gasteiger partial charge on any atom is -0.326 e. The first-order valence-corrected chi connectivity index (χ1v) is 5.52. The largest absolute Gasteiger partial charge is 0.326 e. The summed E-state index contributed by atoms with van der Waals surface area (Å²) >= 11 is 1.36. The van der Waals surface area contributed by atoms with Crippen LogP contribution in [0.15, 0.2) is 34.6 Å². The molecule has 16 heavy (non-hydrogen) atoms. The summed E-state index contributed by atoms with van der Waals surface area (Å²) in [6.45, 7) is 0.324. The molecule has 0 aliphatic rings. The van der Waals surface area contributed by atoms with Gasteiger partial charge in [0.15, 0.2) is 5.16 Å². The van der Waals surface area contributed by atoms with Gasteiger partial charge in [0.05, 0.1) is 0 Å². The van der Waals surface area contributed by atoms with Gasteiger partial charge in [0, 0.05) is 18.5 Å². The van der Waals surface area contributed by atoms with Crippen LogP contribution in [0, 0.1) is 5.82 Å². The topological polar surface area (TPSA) is 56.7 Å². The van der Waals surface area contributed by atoms with Gasteiger partial charge in [-0.2, -0.15) is 5.10 Å². The first kappa shape index (κ1) is 11.1. The van der Waals surface area contributed by atoms with E-state index in [-0.39, 0.29) is 5.82 Å². The third kappa shape index (κ3) is 2.40. The van der Waals surface area contributed by atoms with Gasteiger partial charge < -0.3 is 5.73 Å². The molecule has 1 aromatic heterocycles. The molecule has 0 saturated heterocycles. The number of rotatable bonds is 3. The van der Waals surface area contributed by atoms with Crippen LogP contribution in [0.1, 0.15) is 5.56 Å². The Kier molecular flexibility index (Phi) is 3.21. The molecule has 6 heteroatoms. The molecule has 1 aromatic carbocycles. The van der Waals surface area contributed by atoms with Crippen LogP contribution in [0.25, 0.3) is 0 Å². The van der Waals surface area contributed by atoms with E-state index < -0.39 is 0 Å². The van der Waals surface area contributed by atoms with Crippen molar-refractivity contribution in [3.8, 4) is 0 Å². The number of nitrogens with two attached hydrogens (primary N) is 1. The molecule has 84 valence electrons. The maximum Gasteiger partial charge on any atom is 0.190 e. The fraction of sp³-hybridized carbons (Fsp3) is 0.200. The molecule has 0 spiro atoms. The van der Waals surface area contributed by atoms with Gasteiger partial charge in [0.25, 0.3) is 0 Å². The maximum absolute atomic E-state index is 13.2. The summed E-state index contributed by atoms with van der Waals surface area (Å²) in [7, 11) is 1.79. The summed E-state index contributed by atoms with van der Waals surface area (Å²) in [6.07, 6.45) is 1.46. The van der Waals surface area contributed by atoms with Crippen LogP contribution in [0.5, 0.6) is 0 Å². The highest BCUT2D eigenvalue weighted by Crippen LogP contribution is 2.26. The number of hydrogen-bond acceptors (Lipinski definition) is 4. The molecule has 0 radical (unpaired) electrons. The van der Waals surface area contributed by atoms with Gasteiger partial charge in [0.1, 0.15) is 12.1 Å². The van der Waals surface area contributed by atoms with Crippen molar-refractivity contribution in [3.63, 3.8) is 0 Å². The van der Waals surface area contributed by atoms with Crippen molar-refractivity contribution in [2.75, 3.05) is 0 Å². The first-order valence-electron chi connectivity index (χ1n) is 4.70. The maximum atomic E-state index is 13.2. The van der Waals surface area contributed by atoms with Gasteiger partial charge in [-0.25, -0.2) is 14.1 Å². The summed E-state index contributed by atoms with van der Waals surface area (Å²) in [5.41, 5.74) is 6.25. The molecule has 2 rings (SSSR count). The minimum atomic E-state index is -0.285. The predicted molar refractivity (Wildman–Crippen MR) is 59.4 cm³/mol. The van der Waals surface area contributed by atoms with Crippen molar-refractivity contribution in [1.82, 2.24) is 14.8 Å². The van der Waals surface area contributed by atoms with Crippen LogP contribution < -0.4 is 5.73 Å². The van der Waals surface area contributed by atoms with Crippen molar-refractivity contribution in [1.29, 1.82) is 0 Å². The lowest BCUT2D eigenvalue weighted by Gasteiger charge is -2.03. The Morgan fingerprint density at radius 2 is 2.25 bits per heavy atom. The molecule has 0 bridgehead atoms. The highest BCUT2D eigenvalue weighted by atomic mass is 32.2. The third-order valence-electron chi connectivity index (χ3n) is 2.05. The molecular formula is C10H11FN4S. The zero-order chi connectivity index (χ0) is 11.5. The standard InChI is InChI=1S/C10H11FN4S/c1-15-10(13-6-14-15)16-9-3-7(5-12)2-8(11)4-9/h2-4,6H,5,12H2,1H3. The van der Waals surface area contributed by atoms with E-state index in [9.17, 15) is 4.39 Å². The Morgan fingerprint density at radius 3 is 2.88 bits per heavy atom. The summed E-state index contributed by atoms with van der Waals surface area (Å²) in [5.74, 6) is -0.285. The van der Waals surface area contributed by atoms with E-state index >= 15 is 0 Å². The molecule has 0 saturated carbocycles. The Labute approximate surface area is 96.7 Å². The van der Waals surface area contributed by atoms with Crippen LogP contribution in [-0.2, 0) is 13.6 Å². The van der Waals surface area contributed by atoms with Gasteiger partial charge in [0.2, 0.25) is 0 Å². The van der Waals surface area contributed by atoms with Gasteiger partial charge >= 0.3 is 0 Å². The van der Waals surface area contributed by atoms with Crippen LogP contribution in [-0.4, -0.2) is 14.8 Å². The van der Waals surface area contributed by atoms with Gasteiger partial charge in [-0.1, -0.05) is 11.8 Å². The van der Waals surface area contributed by atoms with E-state index in [1.807, 2.05) is 6.07 Å². The molecule has 0 aliphatic carbocycles. The summed E-state index contributed by atoms with van der Waals surface area (Å²) in [4.78, 5) is 4.83. The summed E-state index contributed by atoms with van der Waals surface area (Å²) < 4.78 is 14.9. The molecule has 0 fully saturated rings. The molecule has 0 aliphatic heterocycles. The van der Waals surface area contributed by atoms with E-state index in [1.165, 1.54) is 30.2 Å². The second-order valence-corrected chi connectivity index (χ2v) is 4.31. The third-order valence-corrected chi connectivity index (χ3v) is 3.07. The van der Waals surface area contributed by atoms with Gasteiger partial charge in [-0.3, -0.25) is 0 Å². The second kappa shape index (κ2) is 4.63. The normalized spacial score (nSPS) is 10.7. The average molecular weight is 238 g/mol. The highest BCUT2D eigenvalue weighted by Gasteiger charge is 2.06. The zero-order valence-corrected chi connectivity index (χ0v) is 9.54. The number of aryl methyl sites for hydroxylation is 1. The number of halogens is 1. The van der Waals surface area contributed by atoms with E-state index in [1.54, 1.807) is 11.7 Å². The minimum absolute atomic E-state index is 0.285. The van der Waals surface area contributed by atoms with Crippen molar-refractivity contribution < 1.29 is 4.39 Å². The van der Waals surface area contributed by atoms with Crippen molar-refractivity contribution >= 4 is 11.8 Å². The molecule has 2 aromatic rings. The molecule has 1 heterocycles. The molecule has 0 amide bonds. The monoisotopic (exact) mass is 238 g/mol. The fourth-order valence-corrected chi connectivity index (χ4v) is 2.15. The molecule has 2 N–H and O–H groups in total. The summed E-state index contributed by atoms with van der Waals surface area (Å²) in [5, 5.41) is 4.66. The molecule has 4 nitrogen and oxygen atoms in total. The lowest BCUT2D eigenvalue weighted by Crippen LogP contribution is -1.97. The Bertz CT molecular complexity index is 497. The number of hydrogen-bond donors (Lipinski definition) is 1. The Balaban J connectivity index is 2.28. The number of aromatic nitrogens is 3. The Morgan fingerprint density at radius 1 is 1.44 bits per heavy atom. The average Bonchev–Trinajstić information content (AvgIpc) is 2.63. The SMILES string of the molecule is Cn1ncnc1Sc1cc(F)cc(CN)c1. The van der Waals surface area contributed by atoms with Crippen LogP contribution >= 0.6 is 11.8 Å². The van der Waals surface area contributed by atoms with Crippen LogP contribution in [0.3, 0.4) is 0 Å². The lowest BCUT2D eigenvalue weighted by molar-refractivity contribution is 0.621. The van der Waals surface area contributed by atoms with Gasteiger partial charge in [-0.05, 0) is 23.8 Å². The quantitative estimate of drug-likeness (QED) is 0.881. The van der Waals surface area contributed by atoms with E-state index in [0.29, 0.717) is 11.7 Å². The van der Waals surface area contributed by atoms with Crippen molar-refractivity contribution in [2.45, 2.75) is 16.6 Å². The van der Waals surface area contributed by atoms with Crippen molar-refractivity contribution in [2.24, 2.45) is 12.8 Å². The van der Waals surface area contributed by atoms with E-state index in [2.05, 4.69) is 10.1 Å². The fourth-order valence-electron chi connectivity index (χ4n) is 1.28. The molecular weight excluding hydrogens is 227 g/mol. The zero-order valence-electron chi connectivity index (χ0n) is 8.72. The highest BCUT2D eigenvalue weighted by molar-refractivity contribution is 7.99. The lowest BCUT2D eigenvalue weighted by atomic mass is 10.2. The van der Waals surface area contributed by atoms with Crippen LogP contribution in [0.2, 0.25) is 0 Å². The smallest absolute Gasteiger partial charge is 0.190 e. The number of nitrogens with zero attached hydrogens (tertiary/aromatic N) is 3. The number of benzene rings is 1. The summed E-state index contributed by atoms with van der Waals surface area (Å²) in [6, 6.07) is 4.74. The molecule has 0 atom stereocenters. The van der Waals surface area contributed by atoms with Crippen LogP contribution in [0.4, 0.5) is 4.39 Å². The Hall–Kier alpha value is -1.40. The van der Waals surface area contributed by atoms with Crippen molar-refractivity contribution in [3.05, 3.63) is 35.9 Å². The van der Waals surface area contributed by atoms with Gasteiger partial charge in [-0.15, -0.1) is 0 Å². The predicted octanol–water partition coefficient (Wildman–Crippen LogP) is 1.56.